The fourth-order valence-corrected chi connectivity index (χ4v) is 1.49. The van der Waals surface area contributed by atoms with E-state index in [2.05, 4.69) is 4.98 Å². The third-order valence-electron chi connectivity index (χ3n) is 2.12. The van der Waals surface area contributed by atoms with Gasteiger partial charge in [-0.3, -0.25) is 0 Å². The van der Waals surface area contributed by atoms with Crippen LogP contribution in [0.5, 0.6) is 11.6 Å². The summed E-state index contributed by atoms with van der Waals surface area (Å²) in [5.41, 5.74) is 1.04. The van der Waals surface area contributed by atoms with Gasteiger partial charge in [0.1, 0.15) is 5.75 Å². The highest BCUT2D eigenvalue weighted by atomic mass is 16.5. The third-order valence-corrected chi connectivity index (χ3v) is 2.12. The molecular weight excluding hydrogens is 178 g/mol. The van der Waals surface area contributed by atoms with E-state index in [1.807, 2.05) is 31.2 Å². The van der Waals surface area contributed by atoms with Crippen molar-refractivity contribution >= 4 is 10.9 Å². The lowest BCUT2D eigenvalue weighted by atomic mass is 10.2. The van der Waals surface area contributed by atoms with Crippen LogP contribution in [-0.2, 0) is 0 Å². The fraction of sp³-hybridized carbons (Fsp3) is 0.273. The van der Waals surface area contributed by atoms with Crippen molar-refractivity contribution in [2.45, 2.75) is 6.92 Å². The minimum atomic E-state index is 0.673. The average Bonchev–Trinajstić information content (AvgIpc) is 2.62. The molecule has 1 N–H and O–H groups in total. The quantitative estimate of drug-likeness (QED) is 0.809. The second kappa shape index (κ2) is 3.62. The van der Waals surface area contributed by atoms with Crippen molar-refractivity contribution in [2.24, 2.45) is 0 Å². The molecule has 0 bridgehead atoms. The van der Waals surface area contributed by atoms with Gasteiger partial charge in [-0.1, -0.05) is 6.07 Å². The van der Waals surface area contributed by atoms with Crippen molar-refractivity contribution in [3.8, 4) is 11.6 Å². The summed E-state index contributed by atoms with van der Waals surface area (Å²) >= 11 is 0. The molecule has 1 aromatic carbocycles. The van der Waals surface area contributed by atoms with E-state index in [1.165, 1.54) is 0 Å². The molecule has 0 fully saturated rings. The molecule has 0 saturated carbocycles. The van der Waals surface area contributed by atoms with Crippen LogP contribution in [0.3, 0.4) is 0 Å². The fourth-order valence-electron chi connectivity index (χ4n) is 1.49. The van der Waals surface area contributed by atoms with Crippen molar-refractivity contribution in [1.82, 2.24) is 4.98 Å². The Labute approximate surface area is 82.6 Å². The predicted molar refractivity (Wildman–Crippen MR) is 56.0 cm³/mol. The molecule has 0 spiro atoms. The highest BCUT2D eigenvalue weighted by Gasteiger charge is 2.05. The Hall–Kier alpha value is -1.64. The number of aromatic nitrogens is 1. The molecule has 3 heteroatoms. The van der Waals surface area contributed by atoms with E-state index < -0.39 is 0 Å². The van der Waals surface area contributed by atoms with Gasteiger partial charge in [-0.2, -0.15) is 0 Å². The van der Waals surface area contributed by atoms with Crippen molar-refractivity contribution in [2.75, 3.05) is 13.7 Å². The Morgan fingerprint density at radius 1 is 1.36 bits per heavy atom. The van der Waals surface area contributed by atoms with Gasteiger partial charge < -0.3 is 14.5 Å². The standard InChI is InChI=1S/C11H13NO2/c1-3-14-10-6-4-5-9-8(10)7-11(12-9)13-2/h4-7,12H,3H2,1-2H3. The Balaban J connectivity index is 2.55. The maximum Gasteiger partial charge on any atom is 0.191 e. The summed E-state index contributed by atoms with van der Waals surface area (Å²) in [6.45, 7) is 2.65. The Morgan fingerprint density at radius 2 is 2.21 bits per heavy atom. The largest absolute Gasteiger partial charge is 0.493 e. The average molecular weight is 191 g/mol. The Morgan fingerprint density at radius 3 is 2.93 bits per heavy atom. The van der Waals surface area contributed by atoms with Gasteiger partial charge in [-0.25, -0.2) is 0 Å². The number of nitrogens with one attached hydrogen (secondary N) is 1. The number of ether oxygens (including phenoxy) is 2. The van der Waals surface area contributed by atoms with Gasteiger partial charge in [0.2, 0.25) is 0 Å². The molecule has 74 valence electrons. The van der Waals surface area contributed by atoms with Crippen LogP contribution in [0.1, 0.15) is 6.92 Å². The van der Waals surface area contributed by atoms with E-state index in [-0.39, 0.29) is 0 Å². The van der Waals surface area contributed by atoms with Gasteiger partial charge in [-0.15, -0.1) is 0 Å². The second-order valence-electron chi connectivity index (χ2n) is 2.99. The molecule has 2 rings (SSSR count). The lowest BCUT2D eigenvalue weighted by Crippen LogP contribution is -1.90. The van der Waals surface area contributed by atoms with Gasteiger partial charge in [-0.05, 0) is 19.1 Å². The lowest BCUT2D eigenvalue weighted by Gasteiger charge is -2.02. The summed E-state index contributed by atoms with van der Waals surface area (Å²) in [5, 5.41) is 1.06. The number of rotatable bonds is 3. The molecule has 0 radical (unpaired) electrons. The molecule has 1 heterocycles. The molecule has 14 heavy (non-hydrogen) atoms. The summed E-state index contributed by atoms with van der Waals surface area (Å²) in [5.74, 6) is 1.65. The normalized spacial score (nSPS) is 10.4. The Bertz CT molecular complexity index is 434. The van der Waals surface area contributed by atoms with E-state index >= 15 is 0 Å². The van der Waals surface area contributed by atoms with Crippen molar-refractivity contribution in [3.63, 3.8) is 0 Å². The lowest BCUT2D eigenvalue weighted by molar-refractivity contribution is 0.344. The first-order valence-corrected chi connectivity index (χ1v) is 4.63. The zero-order chi connectivity index (χ0) is 9.97. The molecule has 1 aromatic heterocycles. The Kier molecular flexibility index (Phi) is 2.31. The smallest absolute Gasteiger partial charge is 0.191 e. The van der Waals surface area contributed by atoms with Crippen LogP contribution in [0.2, 0.25) is 0 Å². The molecule has 0 aliphatic heterocycles. The maximum atomic E-state index is 5.50. The summed E-state index contributed by atoms with van der Waals surface area (Å²) in [6, 6.07) is 7.86. The van der Waals surface area contributed by atoms with Gasteiger partial charge in [0.05, 0.1) is 19.2 Å². The van der Waals surface area contributed by atoms with Crippen LogP contribution in [0, 0.1) is 0 Å². The van der Waals surface area contributed by atoms with Crippen LogP contribution in [0.15, 0.2) is 24.3 Å². The first-order chi connectivity index (χ1) is 6.85. The zero-order valence-corrected chi connectivity index (χ0v) is 8.33. The van der Waals surface area contributed by atoms with Gasteiger partial charge >= 0.3 is 0 Å². The monoisotopic (exact) mass is 191 g/mol. The van der Waals surface area contributed by atoms with Crippen LogP contribution >= 0.6 is 0 Å². The molecule has 0 aliphatic carbocycles. The molecule has 3 nitrogen and oxygen atoms in total. The van der Waals surface area contributed by atoms with Gasteiger partial charge in [0.25, 0.3) is 0 Å². The number of benzene rings is 1. The molecule has 0 atom stereocenters. The number of hydrogen-bond acceptors (Lipinski definition) is 2. The van der Waals surface area contributed by atoms with Crippen LogP contribution in [0.4, 0.5) is 0 Å². The van der Waals surface area contributed by atoms with E-state index in [0.717, 1.165) is 22.5 Å². The summed E-state index contributed by atoms with van der Waals surface area (Å²) in [4.78, 5) is 3.14. The highest BCUT2D eigenvalue weighted by molar-refractivity contribution is 5.87. The van der Waals surface area contributed by atoms with Gasteiger partial charge in [0.15, 0.2) is 5.88 Å². The van der Waals surface area contributed by atoms with Crippen LogP contribution in [-0.4, -0.2) is 18.7 Å². The van der Waals surface area contributed by atoms with E-state index in [0.29, 0.717) is 6.61 Å². The van der Waals surface area contributed by atoms with Crippen LogP contribution in [0.25, 0.3) is 10.9 Å². The number of methoxy groups -OCH3 is 1. The number of hydrogen-bond donors (Lipinski definition) is 1. The third kappa shape index (κ3) is 1.41. The first kappa shape index (κ1) is 8.94. The summed E-state index contributed by atoms with van der Waals surface area (Å²) < 4.78 is 10.6. The zero-order valence-electron chi connectivity index (χ0n) is 8.33. The highest BCUT2D eigenvalue weighted by Crippen LogP contribution is 2.28. The molecule has 0 unspecified atom stereocenters. The van der Waals surface area contributed by atoms with Crippen molar-refractivity contribution in [3.05, 3.63) is 24.3 Å². The number of aromatic amines is 1. The molecule has 0 saturated heterocycles. The summed E-state index contributed by atoms with van der Waals surface area (Å²) in [6.07, 6.45) is 0. The minimum absolute atomic E-state index is 0.673. The predicted octanol–water partition coefficient (Wildman–Crippen LogP) is 2.58. The maximum absolute atomic E-state index is 5.50. The van der Waals surface area contributed by atoms with Gasteiger partial charge in [0, 0.05) is 11.5 Å². The van der Waals surface area contributed by atoms with Crippen molar-refractivity contribution < 1.29 is 9.47 Å². The number of fused-ring (bicyclic) bond motifs is 1. The molecule has 2 aromatic rings. The van der Waals surface area contributed by atoms with E-state index in [1.54, 1.807) is 7.11 Å². The van der Waals surface area contributed by atoms with E-state index in [9.17, 15) is 0 Å². The van der Waals surface area contributed by atoms with Crippen LogP contribution < -0.4 is 9.47 Å². The summed E-state index contributed by atoms with van der Waals surface area (Å²) in [7, 11) is 1.64. The number of H-pyrrole nitrogens is 1. The topological polar surface area (TPSA) is 34.2 Å². The first-order valence-electron chi connectivity index (χ1n) is 4.63. The molecule has 0 aliphatic rings. The van der Waals surface area contributed by atoms with E-state index in [4.69, 9.17) is 9.47 Å². The molecule has 0 amide bonds. The molecular formula is C11H13NO2. The minimum Gasteiger partial charge on any atom is -0.493 e. The SMILES string of the molecule is CCOc1cccc2[nH]c(OC)cc12. The van der Waals surface area contributed by atoms with Crippen molar-refractivity contribution in [1.29, 1.82) is 0 Å². The second-order valence-corrected chi connectivity index (χ2v) is 2.99.